The van der Waals surface area contributed by atoms with Gasteiger partial charge in [0.25, 0.3) is 0 Å². The fourth-order valence-electron chi connectivity index (χ4n) is 2.30. The van der Waals surface area contributed by atoms with Crippen molar-refractivity contribution >= 4 is 11.6 Å². The Balaban J connectivity index is 1.99. The Morgan fingerprint density at radius 2 is 2.12 bits per heavy atom. The van der Waals surface area contributed by atoms with Crippen molar-refractivity contribution in [2.45, 2.75) is 18.9 Å². The molecule has 0 saturated carbocycles. The number of hydrogen-bond donors (Lipinski definition) is 1. The van der Waals surface area contributed by atoms with Gasteiger partial charge in [-0.2, -0.15) is 0 Å². The lowest BCUT2D eigenvalue weighted by atomic mass is 9.89. The molecule has 0 aromatic heterocycles. The number of nitrogens with one attached hydrogen (secondary N) is 1. The Morgan fingerprint density at radius 3 is 2.81 bits per heavy atom. The molecule has 1 heterocycles. The maximum atomic E-state index is 5.87. The topological polar surface area (TPSA) is 21.3 Å². The summed E-state index contributed by atoms with van der Waals surface area (Å²) in [7, 11) is 2.03. The fourth-order valence-corrected chi connectivity index (χ4v) is 2.43. The van der Waals surface area contributed by atoms with E-state index in [9.17, 15) is 0 Å². The molecule has 0 bridgehead atoms. The van der Waals surface area contributed by atoms with Gasteiger partial charge in [-0.1, -0.05) is 23.7 Å². The summed E-state index contributed by atoms with van der Waals surface area (Å²) in [5, 5.41) is 4.18. The predicted octanol–water partition coefficient (Wildman–Crippen LogP) is 2.51. The molecular formula is C13H18ClNO. The first-order chi connectivity index (χ1) is 7.79. The quantitative estimate of drug-likeness (QED) is 0.875. The summed E-state index contributed by atoms with van der Waals surface area (Å²) >= 11 is 5.87. The van der Waals surface area contributed by atoms with Crippen LogP contribution < -0.4 is 5.32 Å². The molecule has 2 atom stereocenters. The smallest absolute Gasteiger partial charge is 0.0512 e. The summed E-state index contributed by atoms with van der Waals surface area (Å²) in [6.45, 7) is 1.73. The zero-order valence-corrected chi connectivity index (χ0v) is 10.3. The Kier molecular flexibility index (Phi) is 4.22. The normalized spacial score (nSPS) is 25.6. The van der Waals surface area contributed by atoms with Crippen molar-refractivity contribution in [2.75, 3.05) is 20.3 Å². The summed E-state index contributed by atoms with van der Waals surface area (Å²) in [6, 6.07) is 8.68. The lowest BCUT2D eigenvalue weighted by Gasteiger charge is -2.31. The van der Waals surface area contributed by atoms with E-state index in [1.165, 1.54) is 5.56 Å². The molecule has 1 aliphatic heterocycles. The van der Waals surface area contributed by atoms with Gasteiger partial charge in [0.05, 0.1) is 6.61 Å². The van der Waals surface area contributed by atoms with E-state index in [-0.39, 0.29) is 0 Å². The molecule has 1 fully saturated rings. The third-order valence-corrected chi connectivity index (χ3v) is 3.51. The van der Waals surface area contributed by atoms with Gasteiger partial charge in [-0.15, -0.1) is 0 Å². The summed E-state index contributed by atoms with van der Waals surface area (Å²) in [4.78, 5) is 0. The van der Waals surface area contributed by atoms with Crippen LogP contribution in [0.5, 0.6) is 0 Å². The first-order valence-corrected chi connectivity index (χ1v) is 6.17. The Hall–Kier alpha value is -0.570. The second kappa shape index (κ2) is 5.67. The van der Waals surface area contributed by atoms with Crippen LogP contribution in [0.1, 0.15) is 12.0 Å². The highest BCUT2D eigenvalue weighted by atomic mass is 35.5. The molecule has 0 radical (unpaired) electrons. The van der Waals surface area contributed by atoms with Crippen molar-refractivity contribution in [3.8, 4) is 0 Å². The first-order valence-electron chi connectivity index (χ1n) is 5.79. The average molecular weight is 240 g/mol. The molecule has 0 amide bonds. The average Bonchev–Trinajstić information content (AvgIpc) is 2.33. The molecule has 1 aliphatic rings. The highest BCUT2D eigenvalue weighted by Crippen LogP contribution is 2.20. The van der Waals surface area contributed by atoms with Crippen LogP contribution in [0.15, 0.2) is 24.3 Å². The van der Waals surface area contributed by atoms with E-state index < -0.39 is 0 Å². The van der Waals surface area contributed by atoms with Crippen LogP contribution >= 0.6 is 11.6 Å². The Bertz CT molecular complexity index is 325. The van der Waals surface area contributed by atoms with Gasteiger partial charge in [-0.25, -0.2) is 0 Å². The predicted molar refractivity (Wildman–Crippen MR) is 66.9 cm³/mol. The van der Waals surface area contributed by atoms with Crippen molar-refractivity contribution in [1.82, 2.24) is 5.32 Å². The minimum Gasteiger partial charge on any atom is -0.381 e. The monoisotopic (exact) mass is 239 g/mol. The lowest BCUT2D eigenvalue weighted by Crippen LogP contribution is -2.41. The van der Waals surface area contributed by atoms with Gasteiger partial charge in [0, 0.05) is 23.6 Å². The molecule has 0 spiro atoms. The second-order valence-electron chi connectivity index (χ2n) is 4.35. The lowest BCUT2D eigenvalue weighted by molar-refractivity contribution is 0.0342. The van der Waals surface area contributed by atoms with Gasteiger partial charge < -0.3 is 10.1 Å². The van der Waals surface area contributed by atoms with Crippen LogP contribution in [0.25, 0.3) is 0 Å². The standard InChI is InChI=1S/C13H18ClNO/c1-15-13-6-7-16-9-11(13)8-10-2-4-12(14)5-3-10/h2-5,11,13,15H,6-9H2,1H3/t11-,13+/m1/s1. The highest BCUT2D eigenvalue weighted by molar-refractivity contribution is 6.30. The van der Waals surface area contributed by atoms with E-state index in [1.807, 2.05) is 19.2 Å². The van der Waals surface area contributed by atoms with Crippen molar-refractivity contribution in [2.24, 2.45) is 5.92 Å². The molecule has 16 heavy (non-hydrogen) atoms. The van der Waals surface area contributed by atoms with E-state index in [2.05, 4.69) is 17.4 Å². The van der Waals surface area contributed by atoms with E-state index in [1.54, 1.807) is 0 Å². The minimum absolute atomic E-state index is 0.569. The summed E-state index contributed by atoms with van der Waals surface area (Å²) < 4.78 is 5.54. The molecule has 2 nitrogen and oxygen atoms in total. The number of benzene rings is 1. The fraction of sp³-hybridized carbons (Fsp3) is 0.538. The maximum Gasteiger partial charge on any atom is 0.0512 e. The van der Waals surface area contributed by atoms with Crippen LogP contribution in [0.3, 0.4) is 0 Å². The summed E-state index contributed by atoms with van der Waals surface area (Å²) in [6.07, 6.45) is 2.16. The molecule has 1 aromatic rings. The van der Waals surface area contributed by atoms with E-state index in [0.29, 0.717) is 12.0 Å². The van der Waals surface area contributed by atoms with Crippen molar-refractivity contribution < 1.29 is 4.74 Å². The van der Waals surface area contributed by atoms with Crippen molar-refractivity contribution in [1.29, 1.82) is 0 Å². The molecule has 3 heteroatoms. The zero-order valence-electron chi connectivity index (χ0n) is 9.58. The molecule has 88 valence electrons. The SMILES string of the molecule is CN[C@H]1CCOC[C@H]1Cc1ccc(Cl)cc1. The van der Waals surface area contributed by atoms with Gasteiger partial charge in [-0.05, 0) is 37.6 Å². The first kappa shape index (κ1) is 11.9. The zero-order chi connectivity index (χ0) is 11.4. The molecule has 0 aliphatic carbocycles. The van der Waals surface area contributed by atoms with Crippen LogP contribution in [0, 0.1) is 5.92 Å². The van der Waals surface area contributed by atoms with Crippen molar-refractivity contribution in [3.05, 3.63) is 34.9 Å². The van der Waals surface area contributed by atoms with Gasteiger partial charge in [0.15, 0.2) is 0 Å². The third-order valence-electron chi connectivity index (χ3n) is 3.26. The van der Waals surface area contributed by atoms with Crippen LogP contribution in [0.2, 0.25) is 5.02 Å². The summed E-state index contributed by atoms with van der Waals surface area (Å²) in [5.74, 6) is 0.569. The molecular weight excluding hydrogens is 222 g/mol. The van der Waals surface area contributed by atoms with Gasteiger partial charge in [0.2, 0.25) is 0 Å². The van der Waals surface area contributed by atoms with E-state index in [4.69, 9.17) is 16.3 Å². The van der Waals surface area contributed by atoms with E-state index in [0.717, 1.165) is 31.1 Å². The van der Waals surface area contributed by atoms with Gasteiger partial charge in [-0.3, -0.25) is 0 Å². The summed E-state index contributed by atoms with van der Waals surface area (Å²) in [5.41, 5.74) is 1.33. The van der Waals surface area contributed by atoms with Gasteiger partial charge in [0.1, 0.15) is 0 Å². The molecule has 2 rings (SSSR count). The third kappa shape index (κ3) is 2.97. The van der Waals surface area contributed by atoms with Crippen LogP contribution in [-0.4, -0.2) is 26.3 Å². The van der Waals surface area contributed by atoms with Crippen LogP contribution in [0.4, 0.5) is 0 Å². The molecule has 0 unspecified atom stereocenters. The minimum atomic E-state index is 0.569. The number of rotatable bonds is 3. The highest BCUT2D eigenvalue weighted by Gasteiger charge is 2.24. The van der Waals surface area contributed by atoms with Crippen LogP contribution in [-0.2, 0) is 11.2 Å². The Morgan fingerprint density at radius 1 is 1.38 bits per heavy atom. The molecule has 1 N–H and O–H groups in total. The largest absolute Gasteiger partial charge is 0.381 e. The second-order valence-corrected chi connectivity index (χ2v) is 4.79. The molecule has 1 saturated heterocycles. The van der Waals surface area contributed by atoms with Crippen molar-refractivity contribution in [3.63, 3.8) is 0 Å². The number of ether oxygens (including phenoxy) is 1. The molecule has 1 aromatic carbocycles. The number of hydrogen-bond acceptors (Lipinski definition) is 2. The van der Waals surface area contributed by atoms with E-state index >= 15 is 0 Å². The number of halogens is 1. The Labute approximate surface area is 102 Å². The van der Waals surface area contributed by atoms with Gasteiger partial charge >= 0.3 is 0 Å². The maximum absolute atomic E-state index is 5.87.